The number of pyridine rings is 1. The van der Waals surface area contributed by atoms with Crippen LogP contribution in [0.4, 0.5) is 10.6 Å². The summed E-state index contributed by atoms with van der Waals surface area (Å²) >= 11 is 1.01. The van der Waals surface area contributed by atoms with Crippen molar-refractivity contribution < 1.29 is 27.5 Å². The summed E-state index contributed by atoms with van der Waals surface area (Å²) in [5.41, 5.74) is 0.848. The van der Waals surface area contributed by atoms with Crippen LogP contribution < -0.4 is 9.62 Å². The van der Waals surface area contributed by atoms with Crippen LogP contribution >= 0.6 is 11.3 Å². The third kappa shape index (κ3) is 11.2. The van der Waals surface area contributed by atoms with Crippen molar-refractivity contribution in [3.8, 4) is 0 Å². The first kappa shape index (κ1) is 37.1. The molecule has 2 aromatic heterocycles. The third-order valence-corrected chi connectivity index (χ3v) is 9.65. The van der Waals surface area contributed by atoms with Gasteiger partial charge in [-0.15, -0.1) is 11.3 Å². The number of sulfonamides is 1. The number of unbranched alkanes of at least 4 members (excludes halogenated alkanes) is 1. The third-order valence-electron chi connectivity index (χ3n) is 6.98. The molecule has 0 radical (unpaired) electrons. The Bertz CT molecular complexity index is 1560. The molecule has 1 unspecified atom stereocenters. The second kappa shape index (κ2) is 15.0. The summed E-state index contributed by atoms with van der Waals surface area (Å²) in [6.07, 6.45) is 4.23. The fraction of sp³-hybridized carbons (Fsp3) is 0.529. The minimum Gasteiger partial charge on any atom is -0.459 e. The molecule has 2 heterocycles. The van der Waals surface area contributed by atoms with Gasteiger partial charge in [-0.3, -0.25) is 9.69 Å². The first-order valence-corrected chi connectivity index (χ1v) is 17.9. The first-order valence-electron chi connectivity index (χ1n) is 15.5. The number of aromatic nitrogens is 2. The molecule has 12 heteroatoms. The summed E-state index contributed by atoms with van der Waals surface area (Å²) in [5, 5.41) is 1.59. The molecule has 46 heavy (non-hydrogen) atoms. The highest BCUT2D eigenvalue weighted by Crippen LogP contribution is 2.30. The van der Waals surface area contributed by atoms with Crippen LogP contribution in [0.2, 0.25) is 0 Å². The van der Waals surface area contributed by atoms with Crippen molar-refractivity contribution in [2.75, 3.05) is 11.4 Å². The zero-order chi connectivity index (χ0) is 34.3. The number of benzene rings is 1. The van der Waals surface area contributed by atoms with Gasteiger partial charge in [0.2, 0.25) is 4.34 Å². The lowest BCUT2D eigenvalue weighted by Gasteiger charge is -2.28. The molecule has 0 aliphatic heterocycles. The molecule has 3 aromatic rings. The van der Waals surface area contributed by atoms with Crippen molar-refractivity contribution in [1.82, 2.24) is 14.7 Å². The number of carbonyl (C=O) groups is 2. The Morgan fingerprint density at radius 2 is 1.61 bits per heavy atom. The average molecular weight is 673 g/mol. The van der Waals surface area contributed by atoms with Crippen LogP contribution in [0.5, 0.6) is 0 Å². The molecular formula is C34H48N4O6S2. The highest BCUT2D eigenvalue weighted by atomic mass is 32.2. The van der Waals surface area contributed by atoms with Crippen LogP contribution in [0.1, 0.15) is 104 Å². The smallest absolute Gasteiger partial charge is 0.416 e. The molecule has 252 valence electrons. The number of nitrogens with one attached hydrogen (secondary N) is 1. The second-order valence-corrected chi connectivity index (χ2v) is 16.7. The summed E-state index contributed by atoms with van der Waals surface area (Å²) in [4.78, 5) is 36.0. The van der Waals surface area contributed by atoms with E-state index in [1.165, 1.54) is 11.8 Å². The second-order valence-electron chi connectivity index (χ2n) is 13.9. The maximum Gasteiger partial charge on any atom is 0.416 e. The van der Waals surface area contributed by atoms with Crippen molar-refractivity contribution >= 4 is 39.2 Å². The Labute approximate surface area is 278 Å². The molecule has 0 aliphatic rings. The molecule has 1 aromatic carbocycles. The standard InChI is InChI=1S/C34H48N4O6S2/c1-10-11-19-34(8,9)25-17-15-24(16-18-25)22-27(37-46(41,42)30-35-20-21-45-30)26-13-12-14-28(36-26)38(31(40)44-33(5,6)7)23-29(39)43-32(2,3)4/h12-18,20-21,27,37H,10-11,19,22-23H2,1-9H3. The molecule has 0 bridgehead atoms. The lowest BCUT2D eigenvalue weighted by Crippen LogP contribution is -2.42. The minimum absolute atomic E-state index is 0.00944. The quantitative estimate of drug-likeness (QED) is 0.187. The number of esters is 1. The fourth-order valence-corrected chi connectivity index (χ4v) is 6.78. The predicted octanol–water partition coefficient (Wildman–Crippen LogP) is 7.35. The van der Waals surface area contributed by atoms with Crippen LogP contribution in [0.3, 0.4) is 0 Å². The van der Waals surface area contributed by atoms with Gasteiger partial charge in [0.25, 0.3) is 10.0 Å². The van der Waals surface area contributed by atoms with Gasteiger partial charge >= 0.3 is 12.1 Å². The monoisotopic (exact) mass is 672 g/mol. The van der Waals surface area contributed by atoms with Gasteiger partial charge in [0.15, 0.2) is 0 Å². The average Bonchev–Trinajstić information content (AvgIpc) is 3.49. The summed E-state index contributed by atoms with van der Waals surface area (Å²) in [6.45, 7) is 16.6. The zero-order valence-electron chi connectivity index (χ0n) is 28.4. The van der Waals surface area contributed by atoms with Gasteiger partial charge < -0.3 is 9.47 Å². The number of hydrogen-bond acceptors (Lipinski definition) is 9. The number of carbonyl (C=O) groups excluding carboxylic acids is 2. The lowest BCUT2D eigenvalue weighted by atomic mass is 9.80. The Morgan fingerprint density at radius 1 is 0.957 bits per heavy atom. The maximum absolute atomic E-state index is 13.4. The molecule has 3 rings (SSSR count). The van der Waals surface area contributed by atoms with Gasteiger partial charge in [0.1, 0.15) is 23.6 Å². The molecule has 0 saturated heterocycles. The van der Waals surface area contributed by atoms with Crippen molar-refractivity contribution in [2.24, 2.45) is 0 Å². The molecule has 0 fully saturated rings. The SMILES string of the molecule is CCCCC(C)(C)c1ccc(CC(NS(=O)(=O)c2nccs2)c2cccc(N(CC(=O)OC(C)(C)C)C(=O)OC(C)(C)C)n2)cc1. The molecule has 1 atom stereocenters. The van der Waals surface area contributed by atoms with E-state index in [1.807, 2.05) is 12.1 Å². The van der Waals surface area contributed by atoms with Crippen LogP contribution in [0.15, 0.2) is 58.4 Å². The number of ether oxygens (including phenoxy) is 2. The number of hydrogen-bond donors (Lipinski definition) is 1. The van der Waals surface area contributed by atoms with E-state index in [1.54, 1.807) is 65.1 Å². The van der Waals surface area contributed by atoms with Gasteiger partial charge in [-0.05, 0) is 83.1 Å². The topological polar surface area (TPSA) is 128 Å². The number of thiazole rings is 1. The first-order chi connectivity index (χ1) is 21.3. The highest BCUT2D eigenvalue weighted by molar-refractivity contribution is 7.91. The van der Waals surface area contributed by atoms with Gasteiger partial charge in [0.05, 0.1) is 11.7 Å². The van der Waals surface area contributed by atoms with Crippen molar-refractivity contribution in [1.29, 1.82) is 0 Å². The molecule has 0 aliphatic carbocycles. The number of amides is 1. The van der Waals surface area contributed by atoms with Crippen LogP contribution in [-0.4, -0.2) is 48.2 Å². The van der Waals surface area contributed by atoms with Crippen LogP contribution in [0, 0.1) is 0 Å². The summed E-state index contributed by atoms with van der Waals surface area (Å²) < 4.78 is 40.5. The Kier molecular flexibility index (Phi) is 12.1. The molecule has 1 N–H and O–H groups in total. The molecule has 0 spiro atoms. The van der Waals surface area contributed by atoms with E-state index in [0.29, 0.717) is 5.69 Å². The predicted molar refractivity (Wildman–Crippen MR) is 182 cm³/mol. The van der Waals surface area contributed by atoms with Gasteiger partial charge in [-0.1, -0.05) is 63.9 Å². The molecular weight excluding hydrogens is 625 g/mol. The van der Waals surface area contributed by atoms with Crippen molar-refractivity contribution in [2.45, 2.75) is 115 Å². The Balaban J connectivity index is 2.02. The summed E-state index contributed by atoms with van der Waals surface area (Å²) in [6, 6.07) is 12.3. The van der Waals surface area contributed by atoms with E-state index in [0.717, 1.165) is 41.1 Å². The van der Waals surface area contributed by atoms with E-state index >= 15 is 0 Å². The van der Waals surface area contributed by atoms with Crippen LogP contribution in [0.25, 0.3) is 0 Å². The van der Waals surface area contributed by atoms with Crippen molar-refractivity contribution in [3.05, 3.63) is 70.9 Å². The van der Waals surface area contributed by atoms with E-state index in [9.17, 15) is 18.0 Å². The maximum atomic E-state index is 13.4. The normalized spacial score (nSPS) is 13.2. The number of anilines is 1. The number of nitrogens with zero attached hydrogens (tertiary/aromatic N) is 3. The van der Waals surface area contributed by atoms with E-state index in [4.69, 9.17) is 14.5 Å². The molecule has 10 nitrogen and oxygen atoms in total. The molecule has 1 amide bonds. The highest BCUT2D eigenvalue weighted by Gasteiger charge is 2.30. The van der Waals surface area contributed by atoms with E-state index in [-0.39, 0.29) is 22.0 Å². The van der Waals surface area contributed by atoms with Gasteiger partial charge in [-0.25, -0.2) is 23.2 Å². The minimum atomic E-state index is -4.00. The summed E-state index contributed by atoms with van der Waals surface area (Å²) in [5.74, 6) is -0.530. The lowest BCUT2D eigenvalue weighted by molar-refractivity contribution is -0.153. The van der Waals surface area contributed by atoms with E-state index < -0.39 is 45.9 Å². The van der Waals surface area contributed by atoms with Crippen molar-refractivity contribution in [3.63, 3.8) is 0 Å². The van der Waals surface area contributed by atoms with Crippen LogP contribution in [-0.2, 0) is 36.1 Å². The van der Waals surface area contributed by atoms with E-state index in [2.05, 4.69) is 42.6 Å². The Hall–Kier alpha value is -3.35. The number of rotatable bonds is 13. The Morgan fingerprint density at radius 3 is 2.17 bits per heavy atom. The zero-order valence-corrected chi connectivity index (χ0v) is 30.0. The summed E-state index contributed by atoms with van der Waals surface area (Å²) in [7, 11) is -4.00. The largest absolute Gasteiger partial charge is 0.459 e. The fourth-order valence-electron chi connectivity index (χ4n) is 4.72. The van der Waals surface area contributed by atoms with Gasteiger partial charge in [-0.2, -0.15) is 4.72 Å². The van der Waals surface area contributed by atoms with Gasteiger partial charge in [0, 0.05) is 11.6 Å². The molecule has 0 saturated carbocycles.